The van der Waals surface area contributed by atoms with Crippen molar-refractivity contribution in [2.45, 2.75) is 12.8 Å². The molecule has 0 aliphatic carbocycles. The van der Waals surface area contributed by atoms with E-state index in [9.17, 15) is 4.79 Å². The van der Waals surface area contributed by atoms with Gasteiger partial charge in [-0.1, -0.05) is 15.9 Å². The Balaban J connectivity index is -0.000000180. The predicted molar refractivity (Wildman–Crippen MR) is 31.8 cm³/mol. The summed E-state index contributed by atoms with van der Waals surface area (Å²) in [6.07, 6.45) is 0.987. The molecule has 0 aliphatic heterocycles. The molecule has 2 nitrogen and oxygen atoms in total. The summed E-state index contributed by atoms with van der Waals surface area (Å²) in [7, 11) is 0. The van der Waals surface area contributed by atoms with Gasteiger partial charge in [-0.3, -0.25) is 4.79 Å². The number of carbonyl (C=O) groups is 1. The predicted octanol–water partition coefficient (Wildman–Crippen LogP) is -1.64. The van der Waals surface area contributed by atoms with Crippen molar-refractivity contribution in [1.82, 2.24) is 0 Å². The smallest absolute Gasteiger partial charge is 1.00 e. The molecule has 0 aromatic heterocycles. The molecule has 0 spiro atoms. The number of carboxylic acid groups (broad SMARTS) is 1. The summed E-state index contributed by atoms with van der Waals surface area (Å²) >= 11 is 3.11. The first-order chi connectivity index (χ1) is 3.27. The van der Waals surface area contributed by atoms with Crippen LogP contribution >= 0.6 is 15.9 Å². The van der Waals surface area contributed by atoms with E-state index in [2.05, 4.69) is 15.9 Å². The van der Waals surface area contributed by atoms with Gasteiger partial charge in [0.15, 0.2) is 0 Å². The van der Waals surface area contributed by atoms with Crippen LogP contribution in [-0.4, -0.2) is 16.4 Å². The van der Waals surface area contributed by atoms with Crippen molar-refractivity contribution >= 4 is 21.9 Å². The Labute approximate surface area is 80.6 Å². The number of halogens is 1. The molecule has 0 aromatic carbocycles. The third-order valence-electron chi connectivity index (χ3n) is 0.524. The Morgan fingerprint density at radius 3 is 2.38 bits per heavy atom. The fourth-order valence-electron chi connectivity index (χ4n) is 0.218. The molecule has 4 heteroatoms. The van der Waals surface area contributed by atoms with Gasteiger partial charge in [-0.25, -0.2) is 0 Å². The van der Waals surface area contributed by atoms with Gasteiger partial charge in [0.2, 0.25) is 0 Å². The SMILES string of the molecule is O=C(O)CCCBr.[H-].[Na+]. The summed E-state index contributed by atoms with van der Waals surface area (Å²) in [6, 6.07) is 0. The van der Waals surface area contributed by atoms with Crippen LogP contribution in [0.1, 0.15) is 14.3 Å². The third-order valence-corrected chi connectivity index (χ3v) is 1.09. The van der Waals surface area contributed by atoms with E-state index in [0.29, 0.717) is 0 Å². The van der Waals surface area contributed by atoms with Gasteiger partial charge < -0.3 is 6.53 Å². The number of hydrogen-bond donors (Lipinski definition) is 1. The zero-order valence-corrected chi connectivity index (χ0v) is 8.44. The van der Waals surface area contributed by atoms with Gasteiger partial charge >= 0.3 is 35.5 Å². The van der Waals surface area contributed by atoms with Gasteiger partial charge in [-0.05, 0) is 6.42 Å². The molecule has 0 radical (unpaired) electrons. The van der Waals surface area contributed by atoms with E-state index in [1.807, 2.05) is 0 Å². The van der Waals surface area contributed by atoms with Crippen LogP contribution in [0.3, 0.4) is 0 Å². The molecule has 0 bridgehead atoms. The maximum atomic E-state index is 9.74. The molecule has 0 aromatic rings. The minimum Gasteiger partial charge on any atom is -1.00 e. The van der Waals surface area contributed by atoms with E-state index in [1.54, 1.807) is 0 Å². The number of carboxylic acids is 1. The van der Waals surface area contributed by atoms with Crippen LogP contribution in [0.5, 0.6) is 0 Å². The first kappa shape index (κ1) is 11.7. The number of alkyl halides is 1. The van der Waals surface area contributed by atoms with Gasteiger partial charge in [0.25, 0.3) is 0 Å². The molecule has 0 amide bonds. The van der Waals surface area contributed by atoms with Crippen molar-refractivity contribution in [3.05, 3.63) is 0 Å². The van der Waals surface area contributed by atoms with Crippen molar-refractivity contribution in [3.63, 3.8) is 0 Å². The topological polar surface area (TPSA) is 37.3 Å². The summed E-state index contributed by atoms with van der Waals surface area (Å²) in [5, 5.41) is 8.80. The van der Waals surface area contributed by atoms with Crippen molar-refractivity contribution in [2.24, 2.45) is 0 Å². The monoisotopic (exact) mass is 190 g/mol. The molecular formula is C4H8BrNaO2. The molecule has 0 heterocycles. The number of hydrogen-bond acceptors (Lipinski definition) is 1. The summed E-state index contributed by atoms with van der Waals surface area (Å²) in [5.41, 5.74) is 0. The molecule has 0 rings (SSSR count). The third kappa shape index (κ3) is 10.0. The van der Waals surface area contributed by atoms with Crippen molar-refractivity contribution in [2.75, 3.05) is 5.33 Å². The Hall–Kier alpha value is 0.950. The van der Waals surface area contributed by atoms with Gasteiger partial charge in [-0.2, -0.15) is 0 Å². The molecule has 0 fully saturated rings. The van der Waals surface area contributed by atoms with Crippen LogP contribution in [0.15, 0.2) is 0 Å². The molecule has 0 saturated carbocycles. The second-order valence-corrected chi connectivity index (χ2v) is 1.98. The van der Waals surface area contributed by atoms with Gasteiger partial charge in [0.1, 0.15) is 0 Å². The number of rotatable bonds is 3. The Kier molecular flexibility index (Phi) is 11.6. The van der Waals surface area contributed by atoms with E-state index >= 15 is 0 Å². The van der Waals surface area contributed by atoms with Crippen molar-refractivity contribution in [1.29, 1.82) is 0 Å². The summed E-state index contributed by atoms with van der Waals surface area (Å²) in [5.74, 6) is -0.723. The molecule has 0 atom stereocenters. The second kappa shape index (κ2) is 7.95. The summed E-state index contributed by atoms with van der Waals surface area (Å²) < 4.78 is 0. The second-order valence-electron chi connectivity index (χ2n) is 1.19. The fourth-order valence-corrected chi connectivity index (χ4v) is 0.498. The number of aliphatic carboxylic acids is 1. The van der Waals surface area contributed by atoms with E-state index in [-0.39, 0.29) is 37.4 Å². The average Bonchev–Trinajstić information content (AvgIpc) is 1.61. The van der Waals surface area contributed by atoms with E-state index in [1.165, 1.54) is 0 Å². The van der Waals surface area contributed by atoms with Crippen LogP contribution in [0.2, 0.25) is 0 Å². The van der Waals surface area contributed by atoms with Crippen molar-refractivity contribution < 1.29 is 40.9 Å². The zero-order valence-electron chi connectivity index (χ0n) is 5.85. The maximum Gasteiger partial charge on any atom is 1.00 e. The molecule has 8 heavy (non-hydrogen) atoms. The normalized spacial score (nSPS) is 7.62. The molecule has 0 unspecified atom stereocenters. The first-order valence-corrected chi connectivity index (χ1v) is 3.17. The van der Waals surface area contributed by atoms with Gasteiger partial charge in [-0.15, -0.1) is 0 Å². The van der Waals surface area contributed by atoms with Crippen molar-refractivity contribution in [3.8, 4) is 0 Å². The minimum atomic E-state index is -0.723. The Bertz CT molecular complexity index is 71.6. The fraction of sp³-hybridized carbons (Fsp3) is 0.750. The van der Waals surface area contributed by atoms with Crippen LogP contribution in [0.4, 0.5) is 0 Å². The quantitative estimate of drug-likeness (QED) is 0.429. The van der Waals surface area contributed by atoms with E-state index in [4.69, 9.17) is 5.11 Å². The van der Waals surface area contributed by atoms with E-state index < -0.39 is 5.97 Å². The van der Waals surface area contributed by atoms with E-state index in [0.717, 1.165) is 11.8 Å². The molecular weight excluding hydrogens is 183 g/mol. The van der Waals surface area contributed by atoms with Gasteiger partial charge in [0.05, 0.1) is 0 Å². The van der Waals surface area contributed by atoms with Crippen LogP contribution in [0.25, 0.3) is 0 Å². The zero-order chi connectivity index (χ0) is 5.70. The maximum absolute atomic E-state index is 9.74. The summed E-state index contributed by atoms with van der Waals surface area (Å²) in [6.45, 7) is 0. The first-order valence-electron chi connectivity index (χ1n) is 2.05. The average molecular weight is 191 g/mol. The Morgan fingerprint density at radius 2 is 2.25 bits per heavy atom. The minimum absolute atomic E-state index is 0. The van der Waals surface area contributed by atoms with Gasteiger partial charge in [0, 0.05) is 11.8 Å². The molecule has 44 valence electrons. The largest absolute Gasteiger partial charge is 1.00 e. The van der Waals surface area contributed by atoms with Crippen LogP contribution in [0, 0.1) is 0 Å². The molecule has 0 saturated heterocycles. The molecule has 0 aliphatic rings. The van der Waals surface area contributed by atoms with Crippen LogP contribution < -0.4 is 29.6 Å². The Morgan fingerprint density at radius 1 is 1.75 bits per heavy atom. The van der Waals surface area contributed by atoms with Crippen LogP contribution in [-0.2, 0) is 4.79 Å². The molecule has 1 N–H and O–H groups in total. The summed E-state index contributed by atoms with van der Waals surface area (Å²) in [4.78, 5) is 9.74. The standard InChI is InChI=1S/C4H7BrO2.Na.H/c5-3-1-2-4(6)7;;/h1-3H2,(H,6,7);;/q;+1;-1.